The van der Waals surface area contributed by atoms with Crippen LogP contribution in [-0.2, 0) is 23.8 Å². The van der Waals surface area contributed by atoms with E-state index in [4.69, 9.17) is 16.3 Å². The molecule has 2 saturated carbocycles. The van der Waals surface area contributed by atoms with E-state index in [1.165, 1.54) is 4.80 Å². The third kappa shape index (κ3) is 3.03. The normalized spacial score (nSPS) is 27.4. The van der Waals surface area contributed by atoms with Crippen molar-refractivity contribution < 1.29 is 14.9 Å². The third-order valence-electron chi connectivity index (χ3n) is 7.16. The monoisotopic (exact) mass is 472 g/mol. The largest absolute Gasteiger partial charge is 0.390 e. The lowest BCUT2D eigenvalue weighted by atomic mass is 9.60. The quantitative estimate of drug-likeness (QED) is 0.296. The Kier molecular flexibility index (Phi) is 4.42. The molecular formula is C21H25ClN8O3. The highest BCUT2D eigenvalue weighted by molar-refractivity contribution is 6.35. The van der Waals surface area contributed by atoms with Crippen molar-refractivity contribution in [3.05, 3.63) is 29.1 Å². The van der Waals surface area contributed by atoms with Crippen LogP contribution in [0.15, 0.2) is 12.4 Å². The number of aliphatic hydroxyl groups is 2. The molecule has 174 valence electrons. The lowest BCUT2D eigenvalue weighted by Crippen LogP contribution is -2.43. The first-order valence-corrected chi connectivity index (χ1v) is 11.4. The van der Waals surface area contributed by atoms with Gasteiger partial charge in [-0.25, -0.2) is 9.97 Å². The van der Waals surface area contributed by atoms with Crippen LogP contribution in [0.1, 0.15) is 50.7 Å². The average molecular weight is 473 g/mol. The number of fused-ring (bicyclic) bond motifs is 4. The minimum Gasteiger partial charge on any atom is -0.390 e. The van der Waals surface area contributed by atoms with Crippen molar-refractivity contribution in [1.29, 1.82) is 0 Å². The minimum atomic E-state index is -1.31. The van der Waals surface area contributed by atoms with Crippen LogP contribution >= 0.6 is 11.6 Å². The molecule has 0 amide bonds. The first-order chi connectivity index (χ1) is 15.7. The van der Waals surface area contributed by atoms with Crippen LogP contribution < -0.4 is 0 Å². The van der Waals surface area contributed by atoms with Gasteiger partial charge in [-0.05, 0) is 50.3 Å². The van der Waals surface area contributed by atoms with Crippen LogP contribution in [0.3, 0.4) is 0 Å². The molecule has 4 heterocycles. The smallest absolute Gasteiger partial charge is 0.181 e. The number of H-pyrrole nitrogens is 1. The number of imidazole rings is 1. The first-order valence-electron chi connectivity index (χ1n) is 11.0. The van der Waals surface area contributed by atoms with Crippen molar-refractivity contribution in [2.75, 3.05) is 0 Å². The minimum absolute atomic E-state index is 0.132. The zero-order chi connectivity index (χ0) is 23.1. The Hall–Kier alpha value is -2.60. The number of rotatable bonds is 5. The second-order valence-corrected chi connectivity index (χ2v) is 10.0. The number of aryl methyl sites for hydroxylation is 1. The zero-order valence-corrected chi connectivity index (χ0v) is 19.3. The standard InChI is InChI=1S/C21H25ClN8O3/c1-20(2,32)33-13-7-21(19-26-28-29(3)27-19)5-4-12(21)16(13)30-9-23-15-14-11(6-10(8-31)24-14)17(22)25-18(15)30/h6,9,12-13,16,24,31-32H,4-5,7-8H2,1-3H3/t12-,13-,16?,21-/m1/s1. The van der Waals surface area contributed by atoms with E-state index in [0.29, 0.717) is 34.3 Å². The number of ether oxygens (including phenoxy) is 1. The van der Waals surface area contributed by atoms with Crippen molar-refractivity contribution in [1.82, 2.24) is 39.7 Å². The molecule has 4 aromatic heterocycles. The highest BCUT2D eigenvalue weighted by Crippen LogP contribution is 2.63. The maximum atomic E-state index is 10.5. The summed E-state index contributed by atoms with van der Waals surface area (Å²) in [4.78, 5) is 14.0. The van der Waals surface area contributed by atoms with Crippen LogP contribution in [0.5, 0.6) is 0 Å². The summed E-state index contributed by atoms with van der Waals surface area (Å²) in [6, 6.07) is 1.64. The average Bonchev–Trinajstić information content (AvgIpc) is 3.47. The maximum Gasteiger partial charge on any atom is 0.181 e. The van der Waals surface area contributed by atoms with E-state index < -0.39 is 5.79 Å². The molecule has 0 bridgehead atoms. The molecule has 4 aromatic rings. The topological polar surface area (TPSA) is 140 Å². The van der Waals surface area contributed by atoms with Crippen LogP contribution in [0, 0.1) is 5.92 Å². The van der Waals surface area contributed by atoms with Crippen LogP contribution in [0.4, 0.5) is 0 Å². The van der Waals surface area contributed by atoms with Crippen LogP contribution in [0.2, 0.25) is 5.15 Å². The van der Waals surface area contributed by atoms with Crippen LogP contribution in [-0.4, -0.2) is 61.8 Å². The Morgan fingerprint density at radius 3 is 2.85 bits per heavy atom. The molecular weight excluding hydrogens is 448 g/mol. The zero-order valence-electron chi connectivity index (χ0n) is 18.5. The lowest BCUT2D eigenvalue weighted by Gasteiger charge is -2.44. The Balaban J connectivity index is 1.51. The molecule has 0 aromatic carbocycles. The highest BCUT2D eigenvalue weighted by Gasteiger charge is 2.63. The Bertz CT molecular complexity index is 1370. The summed E-state index contributed by atoms with van der Waals surface area (Å²) in [6.45, 7) is 3.14. The molecule has 2 aliphatic carbocycles. The predicted octanol–water partition coefficient (Wildman–Crippen LogP) is 1.99. The summed E-state index contributed by atoms with van der Waals surface area (Å²) in [6.07, 6.45) is 3.99. The second-order valence-electron chi connectivity index (χ2n) is 9.67. The van der Waals surface area contributed by atoms with E-state index >= 15 is 0 Å². The Morgan fingerprint density at radius 1 is 1.39 bits per heavy atom. The number of aliphatic hydroxyl groups excluding tert-OH is 1. The number of nitrogens with zero attached hydrogens (tertiary/aromatic N) is 7. The summed E-state index contributed by atoms with van der Waals surface area (Å²) in [5.41, 5.74) is 2.40. The van der Waals surface area contributed by atoms with Gasteiger partial charge in [0.2, 0.25) is 0 Å². The first kappa shape index (κ1) is 21.0. The summed E-state index contributed by atoms with van der Waals surface area (Å²) < 4.78 is 8.19. The Morgan fingerprint density at radius 2 is 2.21 bits per heavy atom. The fraction of sp³-hybridized carbons (Fsp3) is 0.571. The van der Waals surface area contributed by atoms with E-state index in [-0.39, 0.29) is 30.1 Å². The van der Waals surface area contributed by atoms with Gasteiger partial charge in [0.15, 0.2) is 17.3 Å². The van der Waals surface area contributed by atoms with Crippen molar-refractivity contribution in [2.45, 2.75) is 63.1 Å². The maximum absolute atomic E-state index is 10.5. The van der Waals surface area contributed by atoms with Crippen LogP contribution in [0.25, 0.3) is 22.1 Å². The number of hydrogen-bond acceptors (Lipinski definition) is 8. The van der Waals surface area contributed by atoms with Gasteiger partial charge in [-0.2, -0.15) is 4.80 Å². The van der Waals surface area contributed by atoms with Gasteiger partial charge in [-0.3, -0.25) is 0 Å². The molecule has 4 atom stereocenters. The number of hydrogen-bond donors (Lipinski definition) is 3. The van der Waals surface area contributed by atoms with Crippen molar-refractivity contribution in [3.63, 3.8) is 0 Å². The van der Waals surface area contributed by atoms with Gasteiger partial charge in [0.1, 0.15) is 10.7 Å². The highest BCUT2D eigenvalue weighted by atomic mass is 35.5. The fourth-order valence-corrected chi connectivity index (χ4v) is 6.04. The Labute approximate surface area is 193 Å². The molecule has 3 N–H and O–H groups in total. The number of aromatic nitrogens is 8. The molecule has 11 nitrogen and oxygen atoms in total. The van der Waals surface area contributed by atoms with E-state index in [1.54, 1.807) is 33.3 Å². The van der Waals surface area contributed by atoms with E-state index in [1.807, 2.05) is 4.57 Å². The molecule has 12 heteroatoms. The van der Waals surface area contributed by atoms with Gasteiger partial charge >= 0.3 is 0 Å². The third-order valence-corrected chi connectivity index (χ3v) is 7.45. The lowest BCUT2D eigenvalue weighted by molar-refractivity contribution is -0.211. The molecule has 0 radical (unpaired) electrons. The van der Waals surface area contributed by atoms with Gasteiger partial charge in [0.05, 0.1) is 37.6 Å². The predicted molar refractivity (Wildman–Crippen MR) is 118 cm³/mol. The van der Waals surface area contributed by atoms with E-state index in [2.05, 4.69) is 30.4 Å². The van der Waals surface area contributed by atoms with Crippen molar-refractivity contribution in [2.24, 2.45) is 13.0 Å². The number of tetrazole rings is 1. The SMILES string of the molecule is Cn1nnc([C@@]23CC[C@@H]2C(n2cnc4c5[nH]c(CO)cc5c(Cl)nc42)[C@H](OC(C)(C)O)C3)n1. The molecule has 1 unspecified atom stereocenters. The molecule has 0 saturated heterocycles. The van der Waals surface area contributed by atoms with Gasteiger partial charge in [0.25, 0.3) is 0 Å². The van der Waals surface area contributed by atoms with E-state index in [0.717, 1.165) is 23.7 Å². The van der Waals surface area contributed by atoms with Gasteiger partial charge in [0, 0.05) is 16.5 Å². The molecule has 2 aliphatic rings. The summed E-state index contributed by atoms with van der Waals surface area (Å²) >= 11 is 6.53. The van der Waals surface area contributed by atoms with Gasteiger partial charge in [-0.1, -0.05) is 11.6 Å². The molecule has 2 fully saturated rings. The van der Waals surface area contributed by atoms with Crippen molar-refractivity contribution in [3.8, 4) is 0 Å². The van der Waals surface area contributed by atoms with Gasteiger partial charge < -0.3 is 24.5 Å². The summed E-state index contributed by atoms with van der Waals surface area (Å²) in [5.74, 6) is -0.435. The molecule has 33 heavy (non-hydrogen) atoms. The number of halogens is 1. The second kappa shape index (κ2) is 6.95. The number of nitrogens with one attached hydrogen (secondary N) is 1. The molecule has 6 rings (SSSR count). The summed E-state index contributed by atoms with van der Waals surface area (Å²) in [5, 5.41) is 34.1. The van der Waals surface area contributed by atoms with E-state index in [9.17, 15) is 10.2 Å². The summed E-state index contributed by atoms with van der Waals surface area (Å²) in [7, 11) is 1.76. The molecule has 0 aliphatic heterocycles. The number of aromatic amines is 1. The number of pyridine rings is 1. The fourth-order valence-electron chi connectivity index (χ4n) is 5.81. The molecule has 0 spiro atoms. The van der Waals surface area contributed by atoms with Gasteiger partial charge in [-0.15, -0.1) is 10.2 Å². The van der Waals surface area contributed by atoms with Crippen molar-refractivity contribution >= 4 is 33.7 Å².